The first-order valence-electron chi connectivity index (χ1n) is 10.0. The molecule has 0 amide bonds. The molecule has 2 N–H and O–H groups in total. The van der Waals surface area contributed by atoms with Gasteiger partial charge in [0.25, 0.3) is 0 Å². The van der Waals surface area contributed by atoms with Gasteiger partial charge in [-0.3, -0.25) is 9.59 Å². The number of carbonyl (C=O) groups excluding carboxylic acids is 2. The summed E-state index contributed by atoms with van der Waals surface area (Å²) >= 11 is 0. The van der Waals surface area contributed by atoms with E-state index in [1.165, 1.54) is 12.1 Å². The molecule has 0 saturated carbocycles. The zero-order valence-electron chi connectivity index (χ0n) is 18.6. The summed E-state index contributed by atoms with van der Waals surface area (Å²) in [5, 5.41) is 0. The van der Waals surface area contributed by atoms with Crippen molar-refractivity contribution >= 4 is 22.1 Å². The largest absolute Gasteiger partial charge is 0.460 e. The Morgan fingerprint density at radius 3 is 2.28 bits per heavy atom. The van der Waals surface area contributed by atoms with Crippen LogP contribution in [0.1, 0.15) is 44.2 Å². The third kappa shape index (κ3) is 8.68. The highest BCUT2D eigenvalue weighted by Gasteiger charge is 2.32. The fourth-order valence-electron chi connectivity index (χ4n) is 2.98. The van der Waals surface area contributed by atoms with Crippen LogP contribution in [0.25, 0.3) is 0 Å². The van der Waals surface area contributed by atoms with Crippen LogP contribution in [0.3, 0.4) is 0 Å². The molecule has 32 heavy (non-hydrogen) atoms. The highest BCUT2D eigenvalue weighted by molar-refractivity contribution is 7.86. The highest BCUT2D eigenvalue weighted by Crippen LogP contribution is 2.28. The molecule has 0 saturated heterocycles. The van der Waals surface area contributed by atoms with E-state index < -0.39 is 39.6 Å². The number of rotatable bonds is 9. The maximum Gasteiger partial charge on any atom is 0.323 e. The van der Waals surface area contributed by atoms with Gasteiger partial charge < -0.3 is 19.4 Å². The minimum Gasteiger partial charge on any atom is -0.460 e. The van der Waals surface area contributed by atoms with Crippen molar-refractivity contribution < 1.29 is 31.7 Å². The lowest BCUT2D eigenvalue weighted by Gasteiger charge is -2.25. The average Bonchev–Trinajstić information content (AvgIpc) is 2.68. The Hall–Kier alpha value is -2.91. The van der Waals surface area contributed by atoms with Crippen molar-refractivity contribution in [1.29, 1.82) is 0 Å². The van der Waals surface area contributed by atoms with Gasteiger partial charge in [0.1, 0.15) is 24.0 Å². The molecule has 8 nitrogen and oxygen atoms in total. The van der Waals surface area contributed by atoms with E-state index in [1.807, 2.05) is 30.3 Å². The Kier molecular flexibility index (Phi) is 8.40. The first-order valence-corrected chi connectivity index (χ1v) is 11.8. The van der Waals surface area contributed by atoms with Gasteiger partial charge in [0.15, 0.2) is 0 Å². The van der Waals surface area contributed by atoms with Gasteiger partial charge in [-0.25, -0.2) is 0 Å². The number of carbonyl (C=O) groups is 2. The monoisotopic (exact) mass is 463 g/mol. The van der Waals surface area contributed by atoms with E-state index in [1.54, 1.807) is 32.9 Å². The van der Waals surface area contributed by atoms with Gasteiger partial charge in [-0.05, 0) is 44.0 Å². The normalized spacial score (nSPS) is 13.7. The SMILES string of the molecule is CC(C)(C)OC(=O)CC(c1cccc(OS(C)(=O)=O)c1)C(N)C(=O)OCc1ccccc1. The maximum absolute atomic E-state index is 12.7. The van der Waals surface area contributed by atoms with Crippen LogP contribution in [0.2, 0.25) is 0 Å². The third-order valence-corrected chi connectivity index (χ3v) is 4.77. The molecule has 174 valence electrons. The van der Waals surface area contributed by atoms with Crippen molar-refractivity contribution in [3.8, 4) is 5.75 Å². The minimum atomic E-state index is -3.76. The van der Waals surface area contributed by atoms with E-state index in [-0.39, 0.29) is 18.8 Å². The predicted molar refractivity (Wildman–Crippen MR) is 119 cm³/mol. The van der Waals surface area contributed by atoms with Crippen LogP contribution in [0.5, 0.6) is 5.75 Å². The first kappa shape index (κ1) is 25.4. The second-order valence-electron chi connectivity index (χ2n) is 8.38. The summed E-state index contributed by atoms with van der Waals surface area (Å²) in [4.78, 5) is 25.2. The summed E-state index contributed by atoms with van der Waals surface area (Å²) in [6.07, 6.45) is 0.714. The van der Waals surface area contributed by atoms with Crippen LogP contribution in [-0.4, -0.2) is 38.3 Å². The van der Waals surface area contributed by atoms with Gasteiger partial charge >= 0.3 is 22.1 Å². The molecule has 0 heterocycles. The smallest absolute Gasteiger partial charge is 0.323 e. The van der Waals surface area contributed by atoms with Gasteiger partial charge in [-0.15, -0.1) is 0 Å². The summed E-state index contributed by atoms with van der Waals surface area (Å²) in [6.45, 7) is 5.22. The molecule has 0 spiro atoms. The van der Waals surface area contributed by atoms with Crippen LogP contribution in [0.4, 0.5) is 0 Å². The molecule has 0 fully saturated rings. The van der Waals surface area contributed by atoms with E-state index in [4.69, 9.17) is 19.4 Å². The molecule has 2 unspecified atom stereocenters. The molecule has 2 atom stereocenters. The van der Waals surface area contributed by atoms with E-state index in [2.05, 4.69) is 0 Å². The lowest BCUT2D eigenvalue weighted by Crippen LogP contribution is -2.40. The van der Waals surface area contributed by atoms with Crippen LogP contribution in [0.15, 0.2) is 54.6 Å². The zero-order chi connectivity index (χ0) is 23.9. The van der Waals surface area contributed by atoms with E-state index in [9.17, 15) is 18.0 Å². The molecular weight excluding hydrogens is 434 g/mol. The Morgan fingerprint density at radius 1 is 1.03 bits per heavy atom. The first-order chi connectivity index (χ1) is 14.8. The lowest BCUT2D eigenvalue weighted by molar-refractivity contribution is -0.156. The number of esters is 2. The molecular formula is C23H29NO7S. The van der Waals surface area contributed by atoms with Crippen LogP contribution >= 0.6 is 0 Å². The molecule has 0 aromatic heterocycles. The van der Waals surface area contributed by atoms with Crippen LogP contribution in [0, 0.1) is 0 Å². The van der Waals surface area contributed by atoms with Crippen LogP contribution < -0.4 is 9.92 Å². The van der Waals surface area contributed by atoms with E-state index in [0.29, 0.717) is 5.56 Å². The van der Waals surface area contributed by atoms with Crippen molar-refractivity contribution in [1.82, 2.24) is 0 Å². The average molecular weight is 464 g/mol. The Bertz CT molecular complexity index is 1030. The van der Waals surface area contributed by atoms with E-state index in [0.717, 1.165) is 11.8 Å². The van der Waals surface area contributed by atoms with Crippen molar-refractivity contribution in [2.75, 3.05) is 6.26 Å². The van der Waals surface area contributed by atoms with Gasteiger partial charge in [-0.2, -0.15) is 8.42 Å². The van der Waals surface area contributed by atoms with Gasteiger partial charge in [0.2, 0.25) is 0 Å². The Balaban J connectivity index is 2.26. The molecule has 0 aliphatic heterocycles. The number of hydrogen-bond donors (Lipinski definition) is 1. The summed E-state index contributed by atoms with van der Waals surface area (Å²) in [5.74, 6) is -2.03. The number of hydrogen-bond acceptors (Lipinski definition) is 8. The second-order valence-corrected chi connectivity index (χ2v) is 9.95. The quantitative estimate of drug-likeness (QED) is 0.445. The molecule has 2 rings (SSSR count). The summed E-state index contributed by atoms with van der Waals surface area (Å²) in [7, 11) is -3.76. The molecule has 0 radical (unpaired) electrons. The number of ether oxygens (including phenoxy) is 2. The van der Waals surface area contributed by atoms with Crippen molar-refractivity contribution in [2.45, 2.75) is 51.4 Å². The molecule has 0 aliphatic carbocycles. The maximum atomic E-state index is 12.7. The number of benzene rings is 2. The Morgan fingerprint density at radius 2 is 1.69 bits per heavy atom. The molecule has 0 aliphatic rings. The number of nitrogens with two attached hydrogens (primary N) is 1. The zero-order valence-corrected chi connectivity index (χ0v) is 19.4. The Labute approximate surface area is 188 Å². The molecule has 9 heteroatoms. The minimum absolute atomic E-state index is 0.0315. The van der Waals surface area contributed by atoms with Crippen molar-refractivity contribution in [2.24, 2.45) is 5.73 Å². The van der Waals surface area contributed by atoms with Gasteiger partial charge in [-0.1, -0.05) is 42.5 Å². The second kappa shape index (κ2) is 10.6. The lowest BCUT2D eigenvalue weighted by atomic mass is 9.88. The fraction of sp³-hybridized carbons (Fsp3) is 0.391. The predicted octanol–water partition coefficient (Wildman–Crippen LogP) is 2.91. The summed E-state index contributed by atoms with van der Waals surface area (Å²) < 4.78 is 38.6. The van der Waals surface area contributed by atoms with E-state index >= 15 is 0 Å². The van der Waals surface area contributed by atoms with Crippen LogP contribution in [-0.2, 0) is 35.8 Å². The topological polar surface area (TPSA) is 122 Å². The van der Waals surface area contributed by atoms with Crippen molar-refractivity contribution in [3.63, 3.8) is 0 Å². The molecule has 2 aromatic carbocycles. The fourth-order valence-corrected chi connectivity index (χ4v) is 3.43. The highest BCUT2D eigenvalue weighted by atomic mass is 32.2. The van der Waals surface area contributed by atoms with Crippen molar-refractivity contribution in [3.05, 3.63) is 65.7 Å². The van der Waals surface area contributed by atoms with Gasteiger partial charge in [0.05, 0.1) is 12.7 Å². The molecule has 2 aromatic rings. The summed E-state index contributed by atoms with van der Waals surface area (Å²) in [6, 6.07) is 14.0. The summed E-state index contributed by atoms with van der Waals surface area (Å²) in [5.41, 5.74) is 6.72. The molecule has 0 bridgehead atoms. The van der Waals surface area contributed by atoms with Gasteiger partial charge in [0, 0.05) is 5.92 Å². The standard InChI is InChI=1S/C23H29NO7S/c1-23(2,3)30-20(25)14-19(17-11-8-12-18(13-17)31-32(4,27)28)21(24)22(26)29-15-16-9-6-5-7-10-16/h5-13,19,21H,14-15,24H2,1-4H3. The third-order valence-electron chi connectivity index (χ3n) is 4.27.